The zero-order valence-electron chi connectivity index (χ0n) is 19.9. The molecule has 1 aliphatic heterocycles. The molecule has 5 rings (SSSR count). The molecule has 0 saturated carbocycles. The van der Waals surface area contributed by atoms with Crippen molar-refractivity contribution in [1.82, 2.24) is 29.4 Å². The van der Waals surface area contributed by atoms with Gasteiger partial charge in [0.1, 0.15) is 12.4 Å². The van der Waals surface area contributed by atoms with Crippen LogP contribution in [0.4, 0.5) is 13.2 Å². The predicted molar refractivity (Wildman–Crippen MR) is 129 cm³/mol. The van der Waals surface area contributed by atoms with Crippen LogP contribution in [-0.4, -0.2) is 49.6 Å². The summed E-state index contributed by atoms with van der Waals surface area (Å²) < 4.78 is 48.0. The summed E-state index contributed by atoms with van der Waals surface area (Å²) in [5.41, 5.74) is 3.46. The molecule has 2 aromatic carbocycles. The summed E-state index contributed by atoms with van der Waals surface area (Å²) in [7, 11) is 3.91. The lowest BCUT2D eigenvalue weighted by atomic mass is 10.0. The molecular weight excluding hydrogens is 469 g/mol. The van der Waals surface area contributed by atoms with Gasteiger partial charge < -0.3 is 14.2 Å². The Morgan fingerprint density at radius 1 is 1.00 bits per heavy atom. The second-order valence-electron chi connectivity index (χ2n) is 8.78. The molecule has 0 amide bonds. The van der Waals surface area contributed by atoms with E-state index >= 15 is 0 Å². The maximum absolute atomic E-state index is 12.9. The summed E-state index contributed by atoms with van der Waals surface area (Å²) in [5.74, 6) is 1.24. The second kappa shape index (κ2) is 9.62. The number of rotatable bonds is 6. The number of hydrogen-bond acceptors (Lipinski definition) is 5. The molecule has 36 heavy (non-hydrogen) atoms. The van der Waals surface area contributed by atoms with Gasteiger partial charge in [-0.3, -0.25) is 0 Å². The Labute approximate surface area is 206 Å². The number of benzene rings is 2. The minimum absolute atomic E-state index is 0.00932. The average molecular weight is 495 g/mol. The van der Waals surface area contributed by atoms with E-state index in [0.29, 0.717) is 11.6 Å². The smallest absolute Gasteiger partial charge is 0.416 e. The molecule has 7 nitrogen and oxygen atoms in total. The Morgan fingerprint density at radius 3 is 2.53 bits per heavy atom. The van der Waals surface area contributed by atoms with Gasteiger partial charge in [-0.2, -0.15) is 18.3 Å². The molecule has 0 radical (unpaired) electrons. The Morgan fingerprint density at radius 2 is 1.81 bits per heavy atom. The van der Waals surface area contributed by atoms with Crippen LogP contribution in [0.15, 0.2) is 67.0 Å². The first-order chi connectivity index (χ1) is 17.3. The van der Waals surface area contributed by atoms with Gasteiger partial charge in [-0.1, -0.05) is 12.1 Å². The zero-order valence-corrected chi connectivity index (χ0v) is 19.9. The number of hydrogen-bond donors (Lipinski definition) is 0. The van der Waals surface area contributed by atoms with Crippen LogP contribution in [0.2, 0.25) is 0 Å². The van der Waals surface area contributed by atoms with Crippen LogP contribution in [-0.2, 0) is 19.8 Å². The van der Waals surface area contributed by atoms with E-state index in [1.165, 1.54) is 17.7 Å². The molecule has 0 unspecified atom stereocenters. The predicted octanol–water partition coefficient (Wildman–Crippen LogP) is 4.98. The SMILES string of the molecule is CN1CC=C(c2cnn(-c3ccc(-c4nnc(COc5cccc(C(F)(F)F)c5)n4C)cc3)c2)CC1. The van der Waals surface area contributed by atoms with Gasteiger partial charge in [0, 0.05) is 37.5 Å². The maximum Gasteiger partial charge on any atom is 0.416 e. The minimum atomic E-state index is -4.43. The summed E-state index contributed by atoms with van der Waals surface area (Å²) in [5, 5.41) is 12.9. The van der Waals surface area contributed by atoms with Crippen molar-refractivity contribution in [2.45, 2.75) is 19.2 Å². The molecule has 0 fully saturated rings. The first-order valence-corrected chi connectivity index (χ1v) is 11.5. The topological polar surface area (TPSA) is 61.0 Å². The van der Waals surface area contributed by atoms with Crippen molar-refractivity contribution < 1.29 is 17.9 Å². The van der Waals surface area contributed by atoms with Crippen LogP contribution in [0.5, 0.6) is 5.75 Å². The zero-order chi connectivity index (χ0) is 25.3. The van der Waals surface area contributed by atoms with E-state index in [9.17, 15) is 13.2 Å². The monoisotopic (exact) mass is 494 g/mol. The van der Waals surface area contributed by atoms with Gasteiger partial charge >= 0.3 is 6.18 Å². The fourth-order valence-electron chi connectivity index (χ4n) is 4.07. The highest BCUT2D eigenvalue weighted by atomic mass is 19.4. The number of alkyl halides is 3. The van der Waals surface area contributed by atoms with E-state index in [-0.39, 0.29) is 12.4 Å². The van der Waals surface area contributed by atoms with Crippen LogP contribution in [0.1, 0.15) is 23.4 Å². The highest BCUT2D eigenvalue weighted by molar-refractivity contribution is 5.66. The summed E-state index contributed by atoms with van der Waals surface area (Å²) in [4.78, 5) is 2.28. The van der Waals surface area contributed by atoms with Crippen molar-refractivity contribution in [1.29, 1.82) is 0 Å². The third-order valence-corrected chi connectivity index (χ3v) is 6.25. The first kappa shape index (κ1) is 23.8. The standard InChI is InChI=1S/C26H25F3N6O/c1-33-12-10-18(11-13-33)20-15-30-35(16-20)22-8-6-19(7-9-22)25-32-31-24(34(25)2)17-36-23-5-3-4-21(14-23)26(27,28)29/h3-10,14-16H,11-13,17H2,1-2H3. The van der Waals surface area contributed by atoms with Gasteiger partial charge in [0.2, 0.25) is 0 Å². The third kappa shape index (κ3) is 5.03. The number of halogens is 3. The quantitative estimate of drug-likeness (QED) is 0.378. The van der Waals surface area contributed by atoms with Crippen molar-refractivity contribution in [2.75, 3.05) is 20.1 Å². The molecule has 0 aliphatic carbocycles. The third-order valence-electron chi connectivity index (χ3n) is 6.25. The van der Waals surface area contributed by atoms with E-state index in [4.69, 9.17) is 4.74 Å². The lowest BCUT2D eigenvalue weighted by Gasteiger charge is -2.21. The maximum atomic E-state index is 12.9. The van der Waals surface area contributed by atoms with Gasteiger partial charge in [0.15, 0.2) is 11.6 Å². The summed E-state index contributed by atoms with van der Waals surface area (Å²) >= 11 is 0. The van der Waals surface area contributed by atoms with Crippen molar-refractivity contribution >= 4 is 5.57 Å². The van der Waals surface area contributed by atoms with Crippen LogP contribution < -0.4 is 4.74 Å². The van der Waals surface area contributed by atoms with Crippen LogP contribution in [0.25, 0.3) is 22.6 Å². The molecule has 0 N–H and O–H groups in total. The molecule has 0 bridgehead atoms. The Kier molecular flexibility index (Phi) is 6.36. The Balaban J connectivity index is 1.27. The molecule has 0 saturated heterocycles. The van der Waals surface area contributed by atoms with E-state index in [0.717, 1.165) is 48.5 Å². The van der Waals surface area contributed by atoms with Gasteiger partial charge in [-0.15, -0.1) is 10.2 Å². The minimum Gasteiger partial charge on any atom is -0.486 e. The van der Waals surface area contributed by atoms with E-state index in [1.54, 1.807) is 11.6 Å². The highest BCUT2D eigenvalue weighted by Gasteiger charge is 2.30. The molecule has 3 heterocycles. The summed E-state index contributed by atoms with van der Waals surface area (Å²) in [6.45, 7) is 1.97. The average Bonchev–Trinajstić information content (AvgIpc) is 3.50. The van der Waals surface area contributed by atoms with Crippen molar-refractivity contribution in [3.8, 4) is 22.8 Å². The fraction of sp³-hybridized carbons (Fsp3) is 0.269. The highest BCUT2D eigenvalue weighted by Crippen LogP contribution is 2.31. The van der Waals surface area contributed by atoms with Crippen molar-refractivity contribution in [3.05, 3.63) is 84.0 Å². The van der Waals surface area contributed by atoms with Crippen molar-refractivity contribution in [3.63, 3.8) is 0 Å². The van der Waals surface area contributed by atoms with Crippen LogP contribution >= 0.6 is 0 Å². The van der Waals surface area contributed by atoms with E-state index < -0.39 is 11.7 Å². The van der Waals surface area contributed by atoms with Crippen molar-refractivity contribution in [2.24, 2.45) is 7.05 Å². The van der Waals surface area contributed by atoms with Gasteiger partial charge in [0.05, 0.1) is 17.4 Å². The lowest BCUT2D eigenvalue weighted by molar-refractivity contribution is -0.137. The number of likely N-dealkylation sites (N-methyl/N-ethyl adjacent to an activating group) is 1. The largest absolute Gasteiger partial charge is 0.486 e. The fourth-order valence-corrected chi connectivity index (χ4v) is 4.07. The lowest BCUT2D eigenvalue weighted by Crippen LogP contribution is -2.23. The normalized spacial score (nSPS) is 14.6. The molecule has 186 valence electrons. The Hall–Kier alpha value is -3.92. The number of ether oxygens (including phenoxy) is 1. The van der Waals surface area contributed by atoms with Crippen LogP contribution in [0.3, 0.4) is 0 Å². The molecule has 10 heteroatoms. The second-order valence-corrected chi connectivity index (χ2v) is 8.78. The van der Waals surface area contributed by atoms with Gasteiger partial charge in [0.25, 0.3) is 0 Å². The van der Waals surface area contributed by atoms with Gasteiger partial charge in [-0.05, 0) is 61.5 Å². The molecular formula is C26H25F3N6O. The van der Waals surface area contributed by atoms with E-state index in [2.05, 4.69) is 33.3 Å². The van der Waals surface area contributed by atoms with E-state index in [1.807, 2.05) is 41.3 Å². The van der Waals surface area contributed by atoms with Crippen LogP contribution in [0, 0.1) is 0 Å². The molecule has 1 aliphatic rings. The number of nitrogens with zero attached hydrogens (tertiary/aromatic N) is 6. The summed E-state index contributed by atoms with van der Waals surface area (Å²) in [6, 6.07) is 12.6. The number of aromatic nitrogens is 5. The Bertz CT molecular complexity index is 1390. The summed E-state index contributed by atoms with van der Waals surface area (Å²) in [6.07, 6.45) is 2.76. The molecule has 0 spiro atoms. The molecule has 4 aromatic rings. The molecule has 0 atom stereocenters. The first-order valence-electron chi connectivity index (χ1n) is 11.5. The molecule has 2 aromatic heterocycles. The van der Waals surface area contributed by atoms with Gasteiger partial charge in [-0.25, -0.2) is 4.68 Å².